The molecule has 0 radical (unpaired) electrons. The van der Waals surface area contributed by atoms with Crippen LogP contribution >= 0.6 is 0 Å². The van der Waals surface area contributed by atoms with Crippen LogP contribution in [0.4, 0.5) is 5.69 Å². The number of amides is 1. The van der Waals surface area contributed by atoms with Crippen molar-refractivity contribution in [2.24, 2.45) is 0 Å². The van der Waals surface area contributed by atoms with Gasteiger partial charge in [0, 0.05) is 24.3 Å². The van der Waals surface area contributed by atoms with Crippen molar-refractivity contribution in [2.75, 3.05) is 11.4 Å². The number of hydrogen-bond acceptors (Lipinski definition) is 3. The first kappa shape index (κ1) is 15.2. The van der Waals surface area contributed by atoms with Gasteiger partial charge in [0.25, 0.3) is 5.91 Å². The van der Waals surface area contributed by atoms with E-state index in [2.05, 4.69) is 10.3 Å². The number of carbonyl (C=O) groups is 1. The van der Waals surface area contributed by atoms with Crippen LogP contribution in [0.3, 0.4) is 0 Å². The quantitative estimate of drug-likeness (QED) is 0.742. The SMILES string of the molecule is CCN(C(=O)c1ccc2c(c1)nnn2CC)c1ccccc1C. The molecular weight excluding hydrogens is 288 g/mol. The Balaban J connectivity index is 1.99. The van der Waals surface area contributed by atoms with Crippen molar-refractivity contribution in [3.63, 3.8) is 0 Å². The Morgan fingerprint density at radius 1 is 1.17 bits per heavy atom. The van der Waals surface area contributed by atoms with E-state index in [1.54, 1.807) is 4.90 Å². The maximum Gasteiger partial charge on any atom is 0.258 e. The van der Waals surface area contributed by atoms with Gasteiger partial charge in [-0.2, -0.15) is 0 Å². The molecule has 118 valence electrons. The molecule has 0 bridgehead atoms. The maximum absolute atomic E-state index is 12.9. The van der Waals surface area contributed by atoms with Crippen LogP contribution in [0.1, 0.15) is 29.8 Å². The number of benzene rings is 2. The van der Waals surface area contributed by atoms with Crippen LogP contribution in [0.5, 0.6) is 0 Å². The van der Waals surface area contributed by atoms with Gasteiger partial charge >= 0.3 is 0 Å². The highest BCUT2D eigenvalue weighted by Crippen LogP contribution is 2.22. The van der Waals surface area contributed by atoms with Crippen molar-refractivity contribution in [3.8, 4) is 0 Å². The molecule has 23 heavy (non-hydrogen) atoms. The first-order chi connectivity index (χ1) is 11.2. The summed E-state index contributed by atoms with van der Waals surface area (Å²) >= 11 is 0. The summed E-state index contributed by atoms with van der Waals surface area (Å²) in [5.74, 6) is -0.0188. The second kappa shape index (κ2) is 6.20. The van der Waals surface area contributed by atoms with Crippen LogP contribution in [-0.4, -0.2) is 27.4 Å². The van der Waals surface area contributed by atoms with E-state index in [1.807, 2.05) is 67.9 Å². The molecule has 0 atom stereocenters. The fraction of sp³-hybridized carbons (Fsp3) is 0.278. The predicted molar refractivity (Wildman–Crippen MR) is 91.7 cm³/mol. The fourth-order valence-electron chi connectivity index (χ4n) is 2.78. The van der Waals surface area contributed by atoms with E-state index in [9.17, 15) is 4.79 Å². The van der Waals surface area contributed by atoms with E-state index in [0.29, 0.717) is 12.1 Å². The van der Waals surface area contributed by atoms with Crippen LogP contribution in [0.15, 0.2) is 42.5 Å². The van der Waals surface area contributed by atoms with Crippen molar-refractivity contribution in [1.29, 1.82) is 0 Å². The Bertz CT molecular complexity index is 853. The average Bonchev–Trinajstić information content (AvgIpc) is 2.99. The molecule has 1 heterocycles. The zero-order valence-electron chi connectivity index (χ0n) is 13.7. The predicted octanol–water partition coefficient (Wildman–Crippen LogP) is 3.43. The molecule has 0 N–H and O–H groups in total. The van der Waals surface area contributed by atoms with E-state index in [1.165, 1.54) is 0 Å². The lowest BCUT2D eigenvalue weighted by atomic mass is 10.1. The number of carbonyl (C=O) groups excluding carboxylic acids is 1. The molecule has 0 unspecified atom stereocenters. The van der Waals surface area contributed by atoms with E-state index < -0.39 is 0 Å². The second-order valence-electron chi connectivity index (χ2n) is 5.44. The van der Waals surface area contributed by atoms with Gasteiger partial charge in [-0.05, 0) is 50.6 Å². The molecule has 0 fully saturated rings. The first-order valence-corrected chi connectivity index (χ1v) is 7.86. The van der Waals surface area contributed by atoms with Gasteiger partial charge < -0.3 is 4.90 Å². The third-order valence-electron chi connectivity index (χ3n) is 4.03. The minimum absolute atomic E-state index is 0.0188. The van der Waals surface area contributed by atoms with Crippen molar-refractivity contribution in [1.82, 2.24) is 15.0 Å². The fourth-order valence-corrected chi connectivity index (χ4v) is 2.78. The number of aromatic nitrogens is 3. The molecule has 0 aliphatic heterocycles. The smallest absolute Gasteiger partial charge is 0.258 e. The highest BCUT2D eigenvalue weighted by Gasteiger charge is 2.18. The van der Waals surface area contributed by atoms with Crippen LogP contribution in [0.25, 0.3) is 11.0 Å². The van der Waals surface area contributed by atoms with Gasteiger partial charge in [0.2, 0.25) is 0 Å². The summed E-state index contributed by atoms with van der Waals surface area (Å²) < 4.78 is 1.82. The van der Waals surface area contributed by atoms with Crippen LogP contribution in [0, 0.1) is 6.92 Å². The summed E-state index contributed by atoms with van der Waals surface area (Å²) in [6, 6.07) is 13.5. The number of anilines is 1. The number of nitrogens with zero attached hydrogens (tertiary/aromatic N) is 4. The van der Waals surface area contributed by atoms with Gasteiger partial charge in [-0.25, -0.2) is 4.68 Å². The van der Waals surface area contributed by atoms with Crippen LogP contribution in [0.2, 0.25) is 0 Å². The van der Waals surface area contributed by atoms with E-state index in [-0.39, 0.29) is 5.91 Å². The number of rotatable bonds is 4. The molecule has 2 aromatic carbocycles. The van der Waals surface area contributed by atoms with Gasteiger partial charge in [-0.15, -0.1) is 5.10 Å². The number of para-hydroxylation sites is 1. The lowest BCUT2D eigenvalue weighted by Gasteiger charge is -2.23. The van der Waals surface area contributed by atoms with Gasteiger partial charge in [0.15, 0.2) is 0 Å². The molecule has 0 aliphatic carbocycles. The molecular formula is C18H20N4O. The minimum Gasteiger partial charge on any atom is -0.308 e. The highest BCUT2D eigenvalue weighted by atomic mass is 16.2. The van der Waals surface area contributed by atoms with Crippen molar-refractivity contribution >= 4 is 22.6 Å². The molecule has 0 saturated carbocycles. The average molecular weight is 308 g/mol. The van der Waals surface area contributed by atoms with E-state index in [4.69, 9.17) is 0 Å². The lowest BCUT2D eigenvalue weighted by Crippen LogP contribution is -2.31. The molecule has 3 aromatic rings. The van der Waals surface area contributed by atoms with Crippen molar-refractivity contribution in [2.45, 2.75) is 27.3 Å². The number of hydrogen-bond donors (Lipinski definition) is 0. The highest BCUT2D eigenvalue weighted by molar-refractivity contribution is 6.07. The van der Waals surface area contributed by atoms with Crippen molar-refractivity contribution in [3.05, 3.63) is 53.6 Å². The van der Waals surface area contributed by atoms with Gasteiger partial charge in [0.1, 0.15) is 5.52 Å². The summed E-state index contributed by atoms with van der Waals surface area (Å²) in [5.41, 5.74) is 4.35. The zero-order valence-corrected chi connectivity index (χ0v) is 13.7. The largest absolute Gasteiger partial charge is 0.308 e. The molecule has 5 nitrogen and oxygen atoms in total. The molecule has 5 heteroatoms. The van der Waals surface area contributed by atoms with Crippen molar-refractivity contribution < 1.29 is 4.79 Å². The monoisotopic (exact) mass is 308 g/mol. The van der Waals surface area contributed by atoms with Crippen LogP contribution in [-0.2, 0) is 6.54 Å². The third-order valence-corrected chi connectivity index (χ3v) is 4.03. The standard InChI is InChI=1S/C18H20N4O/c1-4-21(16-9-7-6-8-13(16)3)18(23)14-10-11-17-15(12-14)19-20-22(17)5-2/h6-12H,4-5H2,1-3H3. The lowest BCUT2D eigenvalue weighted by molar-refractivity contribution is 0.0988. The van der Waals surface area contributed by atoms with Gasteiger partial charge in [-0.1, -0.05) is 23.4 Å². The topological polar surface area (TPSA) is 51.0 Å². The Morgan fingerprint density at radius 3 is 2.65 bits per heavy atom. The minimum atomic E-state index is -0.0188. The summed E-state index contributed by atoms with van der Waals surface area (Å²) in [6.45, 7) is 7.39. The Morgan fingerprint density at radius 2 is 1.96 bits per heavy atom. The molecule has 0 spiro atoms. The molecule has 1 aromatic heterocycles. The maximum atomic E-state index is 12.9. The summed E-state index contributed by atoms with van der Waals surface area (Å²) in [7, 11) is 0. The number of fused-ring (bicyclic) bond motifs is 1. The van der Waals surface area contributed by atoms with Gasteiger partial charge in [-0.3, -0.25) is 4.79 Å². The van der Waals surface area contributed by atoms with E-state index in [0.717, 1.165) is 28.8 Å². The van der Waals surface area contributed by atoms with Crippen LogP contribution < -0.4 is 4.90 Å². The summed E-state index contributed by atoms with van der Waals surface area (Å²) in [5, 5.41) is 8.24. The number of aryl methyl sites for hydroxylation is 2. The second-order valence-corrected chi connectivity index (χ2v) is 5.44. The van der Waals surface area contributed by atoms with E-state index >= 15 is 0 Å². The Labute approximate surface area is 135 Å². The molecule has 1 amide bonds. The Hall–Kier alpha value is -2.69. The summed E-state index contributed by atoms with van der Waals surface area (Å²) in [6.07, 6.45) is 0. The summed E-state index contributed by atoms with van der Waals surface area (Å²) in [4.78, 5) is 14.7. The van der Waals surface area contributed by atoms with Gasteiger partial charge in [0.05, 0.1) is 5.52 Å². The molecule has 0 saturated heterocycles. The first-order valence-electron chi connectivity index (χ1n) is 7.86. The molecule has 0 aliphatic rings. The zero-order chi connectivity index (χ0) is 16.4. The Kier molecular flexibility index (Phi) is 4.10. The third kappa shape index (κ3) is 2.70. The normalized spacial score (nSPS) is 10.9. The molecule has 3 rings (SSSR count).